The van der Waals surface area contributed by atoms with E-state index in [1.54, 1.807) is 31.2 Å². The summed E-state index contributed by atoms with van der Waals surface area (Å²) in [5.74, 6) is 0.498. The minimum Gasteiger partial charge on any atom is -0.478 e. The first-order chi connectivity index (χ1) is 11.3. The van der Waals surface area contributed by atoms with E-state index in [0.717, 1.165) is 18.1 Å². The third kappa shape index (κ3) is 4.17. The number of aryl methyl sites for hydroxylation is 1. The fourth-order valence-electron chi connectivity index (χ4n) is 2.62. The number of aromatic nitrogens is 1. The second kappa shape index (κ2) is 7.53. The van der Waals surface area contributed by atoms with Crippen molar-refractivity contribution in [2.45, 2.75) is 33.7 Å². The number of carboxylic acids is 1. The molecule has 24 heavy (non-hydrogen) atoms. The zero-order valence-electron chi connectivity index (χ0n) is 14.3. The van der Waals surface area contributed by atoms with Gasteiger partial charge in [0.05, 0.1) is 5.56 Å². The van der Waals surface area contributed by atoms with Gasteiger partial charge in [0.15, 0.2) is 0 Å². The molecule has 0 fully saturated rings. The molecule has 0 atom stereocenters. The summed E-state index contributed by atoms with van der Waals surface area (Å²) in [6.45, 7) is 8.88. The Morgan fingerprint density at radius 2 is 2.04 bits per heavy atom. The van der Waals surface area contributed by atoms with Gasteiger partial charge in [-0.25, -0.2) is 9.78 Å². The van der Waals surface area contributed by atoms with Gasteiger partial charge in [0.2, 0.25) is 0 Å². The standard InChI is InChI=1S/C18H22ClN3O2/c1-5-22(11(2)3)17-10-13(19)9-16(21-17)20-14-6-7-15(18(23)24)12(4)8-14/h6-11H,5H2,1-4H3,(H,20,21)(H,23,24). The number of carbonyl (C=O) groups is 1. The zero-order chi connectivity index (χ0) is 17.9. The molecule has 6 heteroatoms. The van der Waals surface area contributed by atoms with Gasteiger partial charge in [0.25, 0.3) is 0 Å². The number of anilines is 3. The Morgan fingerprint density at radius 1 is 1.33 bits per heavy atom. The lowest BCUT2D eigenvalue weighted by Gasteiger charge is -2.27. The smallest absolute Gasteiger partial charge is 0.335 e. The van der Waals surface area contributed by atoms with E-state index in [0.29, 0.717) is 22.4 Å². The number of hydrogen-bond donors (Lipinski definition) is 2. The second-order valence-corrected chi connectivity index (χ2v) is 6.30. The third-order valence-electron chi connectivity index (χ3n) is 3.76. The van der Waals surface area contributed by atoms with E-state index < -0.39 is 5.97 Å². The highest BCUT2D eigenvalue weighted by atomic mass is 35.5. The van der Waals surface area contributed by atoms with E-state index in [1.807, 2.05) is 6.07 Å². The Bertz CT molecular complexity index is 747. The minimum absolute atomic E-state index is 0.289. The van der Waals surface area contributed by atoms with Crippen LogP contribution in [-0.4, -0.2) is 28.6 Å². The molecule has 0 radical (unpaired) electrons. The van der Waals surface area contributed by atoms with Crippen molar-refractivity contribution in [3.8, 4) is 0 Å². The number of nitrogens with one attached hydrogen (secondary N) is 1. The van der Waals surface area contributed by atoms with Crippen molar-refractivity contribution >= 4 is 34.9 Å². The first-order valence-corrected chi connectivity index (χ1v) is 8.24. The van der Waals surface area contributed by atoms with Crippen LogP contribution in [0.25, 0.3) is 0 Å². The van der Waals surface area contributed by atoms with Crippen LogP contribution < -0.4 is 10.2 Å². The highest BCUT2D eigenvalue weighted by molar-refractivity contribution is 6.31. The summed E-state index contributed by atoms with van der Waals surface area (Å²) in [5, 5.41) is 12.9. The molecule has 0 bridgehead atoms. The average molecular weight is 348 g/mol. The summed E-state index contributed by atoms with van der Waals surface area (Å²) < 4.78 is 0. The van der Waals surface area contributed by atoms with Crippen LogP contribution >= 0.6 is 11.6 Å². The lowest BCUT2D eigenvalue weighted by atomic mass is 10.1. The monoisotopic (exact) mass is 347 g/mol. The molecule has 1 heterocycles. The Labute approximate surface area is 147 Å². The Morgan fingerprint density at radius 3 is 2.58 bits per heavy atom. The lowest BCUT2D eigenvalue weighted by Crippen LogP contribution is -2.31. The first-order valence-electron chi connectivity index (χ1n) is 7.87. The van der Waals surface area contributed by atoms with Crippen LogP contribution in [0.4, 0.5) is 17.3 Å². The number of aromatic carboxylic acids is 1. The largest absolute Gasteiger partial charge is 0.478 e. The van der Waals surface area contributed by atoms with Crippen molar-refractivity contribution in [2.24, 2.45) is 0 Å². The van der Waals surface area contributed by atoms with E-state index in [-0.39, 0.29) is 5.56 Å². The molecule has 0 aliphatic heterocycles. The average Bonchev–Trinajstić information content (AvgIpc) is 2.46. The normalized spacial score (nSPS) is 10.8. The van der Waals surface area contributed by atoms with Gasteiger partial charge in [-0.1, -0.05) is 11.6 Å². The molecular formula is C18H22ClN3O2. The van der Waals surface area contributed by atoms with Crippen LogP contribution in [0, 0.1) is 6.92 Å². The Hall–Kier alpha value is -2.27. The lowest BCUT2D eigenvalue weighted by molar-refractivity contribution is 0.0696. The number of hydrogen-bond acceptors (Lipinski definition) is 4. The van der Waals surface area contributed by atoms with Crippen LogP contribution in [0.1, 0.15) is 36.7 Å². The summed E-state index contributed by atoms with van der Waals surface area (Å²) in [6, 6.07) is 8.99. The summed E-state index contributed by atoms with van der Waals surface area (Å²) in [7, 11) is 0. The van der Waals surface area contributed by atoms with Crippen molar-refractivity contribution in [1.29, 1.82) is 0 Å². The quantitative estimate of drug-likeness (QED) is 0.791. The van der Waals surface area contributed by atoms with Gasteiger partial charge < -0.3 is 15.3 Å². The number of rotatable bonds is 6. The summed E-state index contributed by atoms with van der Waals surface area (Å²) in [5.41, 5.74) is 1.75. The van der Waals surface area contributed by atoms with Crippen molar-refractivity contribution in [3.63, 3.8) is 0 Å². The number of carboxylic acid groups (broad SMARTS) is 1. The summed E-state index contributed by atoms with van der Waals surface area (Å²) in [4.78, 5) is 17.9. The van der Waals surface area contributed by atoms with Gasteiger partial charge in [-0.05, 0) is 63.6 Å². The molecule has 2 rings (SSSR count). The van der Waals surface area contributed by atoms with Crippen molar-refractivity contribution < 1.29 is 9.90 Å². The van der Waals surface area contributed by atoms with Gasteiger partial charge in [-0.15, -0.1) is 0 Å². The van der Waals surface area contributed by atoms with E-state index in [2.05, 4.69) is 36.0 Å². The third-order valence-corrected chi connectivity index (χ3v) is 3.98. The molecule has 0 aliphatic carbocycles. The highest BCUT2D eigenvalue weighted by Gasteiger charge is 2.13. The van der Waals surface area contributed by atoms with Crippen LogP contribution in [0.15, 0.2) is 30.3 Å². The molecule has 0 aliphatic rings. The van der Waals surface area contributed by atoms with Crippen LogP contribution in [0.5, 0.6) is 0 Å². The predicted molar refractivity (Wildman–Crippen MR) is 98.8 cm³/mol. The molecule has 0 unspecified atom stereocenters. The van der Waals surface area contributed by atoms with E-state index in [1.165, 1.54) is 0 Å². The topological polar surface area (TPSA) is 65.5 Å². The van der Waals surface area contributed by atoms with Gasteiger partial charge in [-0.2, -0.15) is 0 Å². The molecule has 5 nitrogen and oxygen atoms in total. The molecular weight excluding hydrogens is 326 g/mol. The van der Waals surface area contributed by atoms with Crippen LogP contribution in [0.3, 0.4) is 0 Å². The van der Waals surface area contributed by atoms with Gasteiger partial charge in [0, 0.05) is 23.3 Å². The molecule has 2 aromatic rings. The van der Waals surface area contributed by atoms with E-state index in [9.17, 15) is 4.79 Å². The van der Waals surface area contributed by atoms with Crippen molar-refractivity contribution in [3.05, 3.63) is 46.5 Å². The first kappa shape index (κ1) is 18.1. The van der Waals surface area contributed by atoms with E-state index in [4.69, 9.17) is 16.7 Å². The fourth-order valence-corrected chi connectivity index (χ4v) is 2.82. The van der Waals surface area contributed by atoms with E-state index >= 15 is 0 Å². The van der Waals surface area contributed by atoms with Gasteiger partial charge in [0.1, 0.15) is 11.6 Å². The minimum atomic E-state index is -0.933. The van der Waals surface area contributed by atoms with Crippen molar-refractivity contribution in [2.75, 3.05) is 16.8 Å². The number of benzene rings is 1. The SMILES string of the molecule is CCN(c1cc(Cl)cc(Nc2ccc(C(=O)O)c(C)c2)n1)C(C)C. The number of pyridine rings is 1. The maximum absolute atomic E-state index is 11.1. The second-order valence-electron chi connectivity index (χ2n) is 5.87. The van der Waals surface area contributed by atoms with Gasteiger partial charge >= 0.3 is 5.97 Å². The number of nitrogens with zero attached hydrogens (tertiary/aromatic N) is 2. The Kier molecular flexibility index (Phi) is 5.67. The highest BCUT2D eigenvalue weighted by Crippen LogP contribution is 2.26. The maximum Gasteiger partial charge on any atom is 0.335 e. The Balaban J connectivity index is 2.31. The number of halogens is 1. The molecule has 0 amide bonds. The van der Waals surface area contributed by atoms with Crippen LogP contribution in [0.2, 0.25) is 5.02 Å². The van der Waals surface area contributed by atoms with Gasteiger partial charge in [-0.3, -0.25) is 0 Å². The maximum atomic E-state index is 11.1. The summed E-state index contributed by atoms with van der Waals surface area (Å²) in [6.07, 6.45) is 0. The predicted octanol–water partition coefficient (Wildman–Crippen LogP) is 4.72. The zero-order valence-corrected chi connectivity index (χ0v) is 15.1. The fraction of sp³-hybridized carbons (Fsp3) is 0.333. The molecule has 0 saturated heterocycles. The molecule has 0 spiro atoms. The molecule has 1 aromatic carbocycles. The summed E-state index contributed by atoms with van der Waals surface area (Å²) >= 11 is 6.24. The van der Waals surface area contributed by atoms with Crippen molar-refractivity contribution in [1.82, 2.24) is 4.98 Å². The molecule has 2 N–H and O–H groups in total. The molecule has 128 valence electrons. The molecule has 1 aromatic heterocycles. The molecule has 0 saturated carbocycles. The van der Waals surface area contributed by atoms with Crippen LogP contribution in [-0.2, 0) is 0 Å².